The largest absolute Gasteiger partial charge is 0.493 e. The Morgan fingerprint density at radius 3 is 2.37 bits per heavy atom. The van der Waals surface area contributed by atoms with Gasteiger partial charge in [-0.3, -0.25) is 9.69 Å². The molecule has 2 aromatic heterocycles. The lowest BCUT2D eigenvalue weighted by atomic mass is 10.0. The number of para-hydroxylation sites is 1. The van der Waals surface area contributed by atoms with Crippen LogP contribution in [0.5, 0.6) is 11.5 Å². The van der Waals surface area contributed by atoms with E-state index in [-0.39, 0.29) is 17.6 Å². The van der Waals surface area contributed by atoms with E-state index < -0.39 is 0 Å². The number of H-pyrrole nitrogens is 1. The molecule has 10 heteroatoms. The number of hydrogen-bond acceptors (Lipinski definition) is 8. The highest BCUT2D eigenvalue weighted by Gasteiger charge is 2.35. The Kier molecular flexibility index (Phi) is 6.71. The predicted octanol–water partition coefficient (Wildman–Crippen LogP) is 3.56. The summed E-state index contributed by atoms with van der Waals surface area (Å²) >= 11 is 0. The number of pyridine rings is 1. The Bertz CT molecular complexity index is 1450. The number of anilines is 1. The van der Waals surface area contributed by atoms with Gasteiger partial charge in [0.2, 0.25) is 0 Å². The minimum Gasteiger partial charge on any atom is -0.493 e. The Balaban J connectivity index is 1.42. The molecule has 0 radical (unpaired) electrons. The number of rotatable bonds is 7. The molecule has 38 heavy (non-hydrogen) atoms. The van der Waals surface area contributed by atoms with Gasteiger partial charge in [0.15, 0.2) is 17.3 Å². The Labute approximate surface area is 221 Å². The van der Waals surface area contributed by atoms with Crippen molar-refractivity contribution in [2.75, 3.05) is 45.3 Å². The first-order valence-corrected chi connectivity index (χ1v) is 13.3. The standard InChI is InChI=1S/C28H33N7O3/c1-37-24-17-19-16-22(28(36)29-23(19)18-25(24)38-2)26(27-30-31-32-35(27)21-10-6-7-11-21)34-14-12-33(13-15-34)20-8-4-3-5-9-20/h3-5,8-9,16-18,21,26H,6-7,10-15H2,1-2H3,(H,29,36)/t26-/m1/s1. The Morgan fingerprint density at radius 2 is 1.66 bits per heavy atom. The number of tetrazole rings is 1. The molecule has 2 fully saturated rings. The summed E-state index contributed by atoms with van der Waals surface area (Å²) in [4.78, 5) is 21.5. The van der Waals surface area contributed by atoms with Crippen LogP contribution in [0.4, 0.5) is 5.69 Å². The zero-order valence-corrected chi connectivity index (χ0v) is 21.8. The van der Waals surface area contributed by atoms with Crippen LogP contribution in [0.3, 0.4) is 0 Å². The maximum atomic E-state index is 13.6. The van der Waals surface area contributed by atoms with Crippen molar-refractivity contribution in [3.05, 3.63) is 70.3 Å². The SMILES string of the molecule is COc1cc2cc([C@H](c3nnnn3C3CCCC3)N3CCN(c4ccccc4)CC3)c(=O)[nH]c2cc1OC. The number of aromatic nitrogens is 5. The summed E-state index contributed by atoms with van der Waals surface area (Å²) in [5, 5.41) is 13.9. The van der Waals surface area contributed by atoms with Crippen molar-refractivity contribution in [2.24, 2.45) is 0 Å². The van der Waals surface area contributed by atoms with Gasteiger partial charge in [0.1, 0.15) is 6.04 Å². The van der Waals surface area contributed by atoms with E-state index in [0.29, 0.717) is 22.6 Å². The van der Waals surface area contributed by atoms with Crippen molar-refractivity contribution in [3.8, 4) is 11.5 Å². The minimum absolute atomic E-state index is 0.152. The van der Waals surface area contributed by atoms with Gasteiger partial charge in [-0.25, -0.2) is 4.68 Å². The van der Waals surface area contributed by atoms with E-state index in [1.807, 2.05) is 22.9 Å². The first kappa shape index (κ1) is 24.4. The van der Waals surface area contributed by atoms with Gasteiger partial charge in [-0.15, -0.1) is 5.10 Å². The number of nitrogens with one attached hydrogen (secondary N) is 1. The minimum atomic E-state index is -0.371. The molecule has 2 aliphatic rings. The quantitative estimate of drug-likeness (QED) is 0.399. The van der Waals surface area contributed by atoms with E-state index in [2.05, 4.69) is 54.6 Å². The molecular weight excluding hydrogens is 482 g/mol. The summed E-state index contributed by atoms with van der Waals surface area (Å²) < 4.78 is 13.0. The third-order valence-corrected chi connectivity index (χ3v) is 7.91. The van der Waals surface area contributed by atoms with Crippen molar-refractivity contribution >= 4 is 16.6 Å². The van der Waals surface area contributed by atoms with Crippen molar-refractivity contribution in [1.29, 1.82) is 0 Å². The molecule has 1 atom stereocenters. The molecule has 1 aliphatic heterocycles. The second-order valence-corrected chi connectivity index (χ2v) is 10.0. The van der Waals surface area contributed by atoms with Crippen LogP contribution in [0.1, 0.15) is 49.2 Å². The summed E-state index contributed by atoms with van der Waals surface area (Å²) in [6.45, 7) is 3.25. The number of hydrogen-bond donors (Lipinski definition) is 1. The maximum absolute atomic E-state index is 13.6. The van der Waals surface area contributed by atoms with Gasteiger partial charge in [-0.05, 0) is 47.5 Å². The van der Waals surface area contributed by atoms with Gasteiger partial charge >= 0.3 is 0 Å². The number of methoxy groups -OCH3 is 2. The van der Waals surface area contributed by atoms with E-state index in [4.69, 9.17) is 9.47 Å². The predicted molar refractivity (Wildman–Crippen MR) is 145 cm³/mol. The first-order chi connectivity index (χ1) is 18.7. The lowest BCUT2D eigenvalue weighted by Crippen LogP contribution is -2.49. The zero-order chi connectivity index (χ0) is 26.1. The lowest BCUT2D eigenvalue weighted by Gasteiger charge is -2.39. The van der Waals surface area contributed by atoms with E-state index in [9.17, 15) is 4.79 Å². The van der Waals surface area contributed by atoms with Gasteiger partial charge in [0.25, 0.3) is 5.56 Å². The molecule has 4 aromatic rings. The highest BCUT2D eigenvalue weighted by Crippen LogP contribution is 2.36. The molecule has 1 N–H and O–H groups in total. The Hall–Kier alpha value is -3.92. The zero-order valence-electron chi connectivity index (χ0n) is 21.8. The number of aromatic amines is 1. The van der Waals surface area contributed by atoms with Crippen LogP contribution in [-0.4, -0.2) is 70.5 Å². The summed E-state index contributed by atoms with van der Waals surface area (Å²) in [7, 11) is 3.20. The molecule has 6 rings (SSSR count). The summed E-state index contributed by atoms with van der Waals surface area (Å²) in [6.07, 6.45) is 4.44. The van der Waals surface area contributed by atoms with Crippen molar-refractivity contribution in [3.63, 3.8) is 0 Å². The van der Waals surface area contributed by atoms with Crippen LogP contribution in [0.25, 0.3) is 10.9 Å². The fraction of sp³-hybridized carbons (Fsp3) is 0.429. The molecule has 0 bridgehead atoms. The molecule has 1 aliphatic carbocycles. The van der Waals surface area contributed by atoms with Crippen molar-refractivity contribution in [1.82, 2.24) is 30.1 Å². The molecule has 3 heterocycles. The van der Waals surface area contributed by atoms with Crippen molar-refractivity contribution < 1.29 is 9.47 Å². The molecule has 198 valence electrons. The third-order valence-electron chi connectivity index (χ3n) is 7.91. The highest BCUT2D eigenvalue weighted by atomic mass is 16.5. The maximum Gasteiger partial charge on any atom is 0.253 e. The van der Waals surface area contributed by atoms with Crippen LogP contribution >= 0.6 is 0 Å². The second-order valence-electron chi connectivity index (χ2n) is 10.0. The number of piperazine rings is 1. The fourth-order valence-electron chi connectivity index (χ4n) is 5.92. The van der Waals surface area contributed by atoms with Crippen molar-refractivity contribution in [2.45, 2.75) is 37.8 Å². The van der Waals surface area contributed by atoms with Gasteiger partial charge in [-0.1, -0.05) is 31.0 Å². The molecule has 0 spiro atoms. The average Bonchev–Trinajstić information content (AvgIpc) is 3.66. The average molecular weight is 516 g/mol. The number of benzene rings is 2. The molecule has 0 unspecified atom stereocenters. The van der Waals surface area contributed by atoms with E-state index in [1.165, 1.54) is 18.5 Å². The van der Waals surface area contributed by atoms with E-state index >= 15 is 0 Å². The lowest BCUT2D eigenvalue weighted by molar-refractivity contribution is 0.197. The second kappa shape index (κ2) is 10.4. The van der Waals surface area contributed by atoms with E-state index in [0.717, 1.165) is 50.2 Å². The number of nitrogens with zero attached hydrogens (tertiary/aromatic N) is 6. The number of ether oxygens (including phenoxy) is 2. The van der Waals surface area contributed by atoms with Gasteiger partial charge in [-0.2, -0.15) is 0 Å². The normalized spacial score (nSPS) is 17.7. The first-order valence-electron chi connectivity index (χ1n) is 13.3. The molecule has 1 saturated heterocycles. The van der Waals surface area contributed by atoms with Gasteiger partial charge in [0.05, 0.1) is 25.8 Å². The Morgan fingerprint density at radius 1 is 0.947 bits per heavy atom. The highest BCUT2D eigenvalue weighted by molar-refractivity contribution is 5.83. The summed E-state index contributed by atoms with van der Waals surface area (Å²) in [5.74, 6) is 1.92. The fourth-order valence-corrected chi connectivity index (χ4v) is 5.92. The third kappa shape index (κ3) is 4.49. The molecular formula is C28H33N7O3. The van der Waals surface area contributed by atoms with Gasteiger partial charge in [0, 0.05) is 48.9 Å². The van der Waals surface area contributed by atoms with Crippen LogP contribution in [0, 0.1) is 0 Å². The summed E-state index contributed by atoms with van der Waals surface area (Å²) in [5.41, 5.74) is 2.39. The number of fused-ring (bicyclic) bond motifs is 1. The van der Waals surface area contributed by atoms with Crippen LogP contribution in [-0.2, 0) is 0 Å². The van der Waals surface area contributed by atoms with Gasteiger partial charge < -0.3 is 19.4 Å². The smallest absolute Gasteiger partial charge is 0.253 e. The summed E-state index contributed by atoms with van der Waals surface area (Å²) in [6, 6.07) is 16.0. The molecule has 0 amide bonds. The van der Waals surface area contributed by atoms with Crippen LogP contribution < -0.4 is 19.9 Å². The monoisotopic (exact) mass is 515 g/mol. The van der Waals surface area contributed by atoms with Crippen LogP contribution in [0.2, 0.25) is 0 Å². The molecule has 2 aromatic carbocycles. The topological polar surface area (TPSA) is 101 Å². The molecule has 1 saturated carbocycles. The van der Waals surface area contributed by atoms with E-state index in [1.54, 1.807) is 20.3 Å². The molecule has 10 nitrogen and oxygen atoms in total. The van der Waals surface area contributed by atoms with Crippen LogP contribution in [0.15, 0.2) is 53.3 Å².